The van der Waals surface area contributed by atoms with E-state index in [0.29, 0.717) is 5.56 Å². The van der Waals surface area contributed by atoms with Crippen molar-refractivity contribution in [2.24, 2.45) is 5.41 Å². The van der Waals surface area contributed by atoms with Crippen molar-refractivity contribution in [2.45, 2.75) is 23.6 Å². The fourth-order valence-electron chi connectivity index (χ4n) is 2.67. The van der Waals surface area contributed by atoms with Crippen molar-refractivity contribution in [1.82, 2.24) is 0 Å². The van der Waals surface area contributed by atoms with E-state index < -0.39 is 33.4 Å². The number of carboxylic acid groups (broad SMARTS) is 2. The van der Waals surface area contributed by atoms with E-state index in [1.807, 2.05) is 0 Å². The summed E-state index contributed by atoms with van der Waals surface area (Å²) in [7, 11) is 0. The summed E-state index contributed by atoms with van der Waals surface area (Å²) in [5.74, 6) is -2.71. The second-order valence-corrected chi connectivity index (χ2v) is 6.43. The maximum atomic E-state index is 13.1. The highest BCUT2D eigenvalue weighted by atomic mass is 79.9. The highest BCUT2D eigenvalue weighted by molar-refractivity contribution is 9.09. The van der Waals surface area contributed by atoms with Gasteiger partial charge in [0.05, 0.1) is 10.2 Å². The maximum Gasteiger partial charge on any atom is 0.315 e. The van der Waals surface area contributed by atoms with Crippen LogP contribution >= 0.6 is 15.9 Å². The van der Waals surface area contributed by atoms with E-state index in [4.69, 9.17) is 0 Å². The average molecular weight is 357 g/mol. The van der Waals surface area contributed by atoms with E-state index in [1.54, 1.807) is 0 Å². The molecule has 0 aliphatic heterocycles. The van der Waals surface area contributed by atoms with Gasteiger partial charge in [0.25, 0.3) is 0 Å². The molecule has 0 saturated carbocycles. The molecule has 112 valence electrons. The molecular weight excluding hydrogens is 343 g/mol. The van der Waals surface area contributed by atoms with Crippen molar-refractivity contribution < 1.29 is 24.2 Å². The molecule has 0 saturated heterocycles. The normalized spacial score (nSPS) is 31.9. The molecule has 3 atom stereocenters. The third-order valence-electron chi connectivity index (χ3n) is 3.98. The largest absolute Gasteiger partial charge is 0.481 e. The van der Waals surface area contributed by atoms with Gasteiger partial charge in [-0.1, -0.05) is 40.2 Å². The molecule has 0 bridgehead atoms. The Morgan fingerprint density at radius 2 is 1.81 bits per heavy atom. The van der Waals surface area contributed by atoms with Crippen LogP contribution < -0.4 is 0 Å². The Bertz CT molecular complexity index is 613. The molecule has 21 heavy (non-hydrogen) atoms. The van der Waals surface area contributed by atoms with Crippen LogP contribution in [0.2, 0.25) is 0 Å². The number of halogens is 2. The van der Waals surface area contributed by atoms with E-state index in [9.17, 15) is 24.2 Å². The van der Waals surface area contributed by atoms with Gasteiger partial charge in [-0.25, -0.2) is 4.39 Å². The zero-order valence-corrected chi connectivity index (χ0v) is 12.8. The minimum Gasteiger partial charge on any atom is -0.481 e. The molecule has 6 heteroatoms. The maximum absolute atomic E-state index is 13.1. The van der Waals surface area contributed by atoms with E-state index in [1.165, 1.54) is 43.3 Å². The minimum absolute atomic E-state index is 0.122. The standard InChI is InChI=1S/C15H14BrFO4/c1-14(12(18)19)7-6-11(16)15(8-14,13(20)21)9-2-4-10(17)5-3-9/h2-7,11H,8H2,1H3,(H,18,19)(H,20,21). The Morgan fingerprint density at radius 1 is 1.24 bits per heavy atom. The molecule has 0 fully saturated rings. The molecule has 2 N–H and O–H groups in total. The molecule has 4 nitrogen and oxygen atoms in total. The van der Waals surface area contributed by atoms with Crippen LogP contribution in [0.3, 0.4) is 0 Å². The van der Waals surface area contributed by atoms with Crippen molar-refractivity contribution in [1.29, 1.82) is 0 Å². The molecule has 0 spiro atoms. The van der Waals surface area contributed by atoms with Crippen LogP contribution in [0, 0.1) is 11.2 Å². The van der Waals surface area contributed by atoms with E-state index in [-0.39, 0.29) is 6.42 Å². The molecule has 1 aliphatic rings. The van der Waals surface area contributed by atoms with Gasteiger partial charge >= 0.3 is 11.9 Å². The quantitative estimate of drug-likeness (QED) is 0.644. The third kappa shape index (κ3) is 2.48. The number of rotatable bonds is 3. The number of alkyl halides is 1. The molecular formula is C15H14BrFO4. The second kappa shape index (κ2) is 5.26. The van der Waals surface area contributed by atoms with Gasteiger partial charge in [0, 0.05) is 0 Å². The van der Waals surface area contributed by atoms with Crippen molar-refractivity contribution in [3.05, 3.63) is 47.8 Å². The van der Waals surface area contributed by atoms with Crippen LogP contribution in [0.5, 0.6) is 0 Å². The summed E-state index contributed by atoms with van der Waals surface area (Å²) < 4.78 is 13.1. The average Bonchev–Trinajstić information content (AvgIpc) is 2.42. The summed E-state index contributed by atoms with van der Waals surface area (Å²) in [6.45, 7) is 1.48. The number of hydrogen-bond acceptors (Lipinski definition) is 2. The summed E-state index contributed by atoms with van der Waals surface area (Å²) in [5, 5.41) is 19.1. The first-order valence-electron chi connectivity index (χ1n) is 6.29. The molecule has 0 heterocycles. The zero-order valence-electron chi connectivity index (χ0n) is 11.2. The molecule has 0 radical (unpaired) electrons. The predicted octanol–water partition coefficient (Wildman–Crippen LogP) is 2.96. The first kappa shape index (κ1) is 15.7. The molecule has 0 amide bonds. The van der Waals surface area contributed by atoms with E-state index in [0.717, 1.165) is 0 Å². The SMILES string of the molecule is CC1(C(=O)O)C=CC(Br)C(C(=O)O)(c2ccc(F)cc2)C1. The number of hydrogen-bond donors (Lipinski definition) is 2. The second-order valence-electron chi connectivity index (χ2n) is 5.44. The van der Waals surface area contributed by atoms with Gasteiger partial charge in [-0.15, -0.1) is 0 Å². The Labute approximate surface area is 129 Å². The third-order valence-corrected chi connectivity index (χ3v) is 5.07. The molecule has 1 aromatic carbocycles. The first-order chi connectivity index (χ1) is 9.72. The van der Waals surface area contributed by atoms with Crippen molar-refractivity contribution >= 4 is 27.9 Å². The highest BCUT2D eigenvalue weighted by Gasteiger charge is 2.54. The lowest BCUT2D eigenvalue weighted by Crippen LogP contribution is -2.50. The smallest absolute Gasteiger partial charge is 0.315 e. The number of carbonyl (C=O) groups is 2. The van der Waals surface area contributed by atoms with Gasteiger partial charge < -0.3 is 10.2 Å². The van der Waals surface area contributed by atoms with Gasteiger partial charge in [-0.05, 0) is 31.0 Å². The summed E-state index contributed by atoms with van der Waals surface area (Å²) in [4.78, 5) is 22.8. The van der Waals surface area contributed by atoms with Gasteiger partial charge in [0.1, 0.15) is 11.2 Å². The van der Waals surface area contributed by atoms with Gasteiger partial charge in [-0.2, -0.15) is 0 Å². The van der Waals surface area contributed by atoms with Crippen LogP contribution in [0.4, 0.5) is 4.39 Å². The van der Waals surface area contributed by atoms with Crippen molar-refractivity contribution in [2.75, 3.05) is 0 Å². The predicted molar refractivity (Wildman–Crippen MR) is 77.9 cm³/mol. The summed E-state index contributed by atoms with van der Waals surface area (Å²) >= 11 is 3.31. The lowest BCUT2D eigenvalue weighted by atomic mass is 9.63. The van der Waals surface area contributed by atoms with Gasteiger partial charge in [0.2, 0.25) is 0 Å². The molecule has 3 unspecified atom stereocenters. The van der Waals surface area contributed by atoms with E-state index >= 15 is 0 Å². The fraction of sp³-hybridized carbons (Fsp3) is 0.333. The monoisotopic (exact) mass is 356 g/mol. The Hall–Kier alpha value is -1.69. The van der Waals surface area contributed by atoms with Crippen LogP contribution in [0.15, 0.2) is 36.4 Å². The van der Waals surface area contributed by atoms with Crippen LogP contribution in [0.1, 0.15) is 18.9 Å². The Morgan fingerprint density at radius 3 is 2.29 bits per heavy atom. The van der Waals surface area contributed by atoms with Crippen LogP contribution in [-0.4, -0.2) is 27.0 Å². The molecule has 1 aliphatic carbocycles. The lowest BCUT2D eigenvalue weighted by Gasteiger charge is -2.41. The van der Waals surface area contributed by atoms with Crippen LogP contribution in [-0.2, 0) is 15.0 Å². The zero-order chi connectivity index (χ0) is 15.8. The van der Waals surface area contributed by atoms with Gasteiger partial charge in [-0.3, -0.25) is 9.59 Å². The Kier molecular flexibility index (Phi) is 3.93. The summed E-state index contributed by atoms with van der Waals surface area (Å²) in [5.41, 5.74) is -2.39. The van der Waals surface area contributed by atoms with Crippen molar-refractivity contribution in [3.8, 4) is 0 Å². The molecule has 2 rings (SSSR count). The topological polar surface area (TPSA) is 74.6 Å². The van der Waals surface area contributed by atoms with E-state index in [2.05, 4.69) is 15.9 Å². The number of carboxylic acids is 2. The highest BCUT2D eigenvalue weighted by Crippen LogP contribution is 2.47. The number of allylic oxidation sites excluding steroid dienone is 1. The minimum atomic E-state index is -1.46. The summed E-state index contributed by atoms with van der Waals surface area (Å²) in [6, 6.07) is 5.13. The first-order valence-corrected chi connectivity index (χ1v) is 7.20. The summed E-state index contributed by atoms with van der Waals surface area (Å²) in [6.07, 6.45) is 2.91. The number of benzene rings is 1. The molecule has 1 aromatic rings. The number of aliphatic carboxylic acids is 2. The van der Waals surface area contributed by atoms with Crippen molar-refractivity contribution in [3.63, 3.8) is 0 Å². The van der Waals surface area contributed by atoms with Crippen LogP contribution in [0.25, 0.3) is 0 Å². The molecule has 0 aromatic heterocycles. The lowest BCUT2D eigenvalue weighted by molar-refractivity contribution is -0.150. The Balaban J connectivity index is 2.62. The fourth-order valence-corrected chi connectivity index (χ4v) is 3.44. The van der Waals surface area contributed by atoms with Gasteiger partial charge in [0.15, 0.2) is 0 Å².